The van der Waals surface area contributed by atoms with Gasteiger partial charge in [-0.1, -0.05) is 12.1 Å². The fourth-order valence-electron chi connectivity index (χ4n) is 3.59. The van der Waals surface area contributed by atoms with Gasteiger partial charge in [-0.05, 0) is 31.5 Å². The predicted molar refractivity (Wildman–Crippen MR) is 102 cm³/mol. The topological polar surface area (TPSA) is 95.7 Å². The number of rotatable bonds is 5. The van der Waals surface area contributed by atoms with Gasteiger partial charge < -0.3 is 14.8 Å². The molecule has 8 heteroatoms. The number of carboxylic acid groups (broad SMARTS) is 1. The molecule has 1 aliphatic rings. The van der Waals surface area contributed by atoms with Crippen LogP contribution in [0.5, 0.6) is 5.75 Å². The van der Waals surface area contributed by atoms with E-state index >= 15 is 0 Å². The van der Waals surface area contributed by atoms with Crippen LogP contribution >= 0.6 is 11.3 Å². The molecule has 2 N–H and O–H groups in total. The van der Waals surface area contributed by atoms with E-state index in [1.165, 1.54) is 17.1 Å². The van der Waals surface area contributed by atoms with Gasteiger partial charge in [0.1, 0.15) is 10.6 Å². The monoisotopic (exact) mass is 385 g/mol. The number of likely N-dealkylation sites (tertiary alicyclic amines) is 1. The highest BCUT2D eigenvalue weighted by Gasteiger charge is 2.26. The molecule has 1 aromatic carbocycles. The molecule has 27 heavy (non-hydrogen) atoms. The maximum atomic E-state index is 11.7. The standard InChI is InChI=1S/C19H19N3O4S/c23-15-10-21(9-13(18(15)24)19(25)26)8-12-4-3-7-22(12)11-17-20-14-5-1-2-6-16(14)27-17/h1-2,5-6,9-10,12,23H,3-4,7-8,11H2,(H,25,26)/t12-/m0/s1. The van der Waals surface area contributed by atoms with E-state index in [1.807, 2.05) is 18.2 Å². The third-order valence-electron chi connectivity index (χ3n) is 4.89. The minimum Gasteiger partial charge on any atom is -0.503 e. The van der Waals surface area contributed by atoms with Gasteiger partial charge in [0.05, 0.1) is 16.8 Å². The molecule has 0 bridgehead atoms. The summed E-state index contributed by atoms with van der Waals surface area (Å²) in [5.74, 6) is -1.87. The van der Waals surface area contributed by atoms with E-state index in [0.717, 1.165) is 36.5 Å². The molecule has 4 rings (SSSR count). The number of para-hydroxylation sites is 1. The molecule has 0 amide bonds. The molecule has 2 aromatic heterocycles. The molecule has 0 spiro atoms. The zero-order valence-corrected chi connectivity index (χ0v) is 15.4. The summed E-state index contributed by atoms with van der Waals surface area (Å²) in [6.07, 6.45) is 4.63. The number of pyridine rings is 1. The van der Waals surface area contributed by atoms with Gasteiger partial charge in [-0.2, -0.15) is 0 Å². The number of nitrogens with zero attached hydrogens (tertiary/aromatic N) is 3. The van der Waals surface area contributed by atoms with Crippen LogP contribution in [0.3, 0.4) is 0 Å². The van der Waals surface area contributed by atoms with Crippen LogP contribution in [0.2, 0.25) is 0 Å². The molecule has 0 radical (unpaired) electrons. The molecule has 1 atom stereocenters. The minimum absolute atomic E-state index is 0.195. The Labute approximate surface area is 159 Å². The number of hydrogen-bond acceptors (Lipinski definition) is 6. The summed E-state index contributed by atoms with van der Waals surface area (Å²) in [5.41, 5.74) is -0.257. The molecule has 3 aromatic rings. The van der Waals surface area contributed by atoms with Crippen LogP contribution in [-0.4, -0.2) is 43.2 Å². The Morgan fingerprint density at radius 3 is 2.89 bits per heavy atom. The van der Waals surface area contributed by atoms with E-state index in [2.05, 4.69) is 11.0 Å². The highest BCUT2D eigenvalue weighted by molar-refractivity contribution is 7.18. The van der Waals surface area contributed by atoms with Gasteiger partial charge in [0, 0.05) is 25.0 Å². The summed E-state index contributed by atoms with van der Waals surface area (Å²) in [5, 5.41) is 20.0. The van der Waals surface area contributed by atoms with Crippen LogP contribution in [-0.2, 0) is 13.1 Å². The Kier molecular flexibility index (Phi) is 4.67. The van der Waals surface area contributed by atoms with Crippen molar-refractivity contribution in [3.05, 3.63) is 57.5 Å². The van der Waals surface area contributed by atoms with Gasteiger partial charge in [-0.3, -0.25) is 9.69 Å². The third-order valence-corrected chi connectivity index (χ3v) is 5.91. The van der Waals surface area contributed by atoms with E-state index in [0.29, 0.717) is 6.54 Å². The van der Waals surface area contributed by atoms with Crippen molar-refractivity contribution in [3.63, 3.8) is 0 Å². The fourth-order valence-corrected chi connectivity index (χ4v) is 4.58. The first-order valence-corrected chi connectivity index (χ1v) is 9.58. The Hall–Kier alpha value is -2.71. The third kappa shape index (κ3) is 3.58. The van der Waals surface area contributed by atoms with Crippen molar-refractivity contribution in [2.45, 2.75) is 32.0 Å². The molecule has 7 nitrogen and oxygen atoms in total. The fraction of sp³-hybridized carbons (Fsp3) is 0.316. The lowest BCUT2D eigenvalue weighted by Crippen LogP contribution is -2.33. The van der Waals surface area contributed by atoms with E-state index in [9.17, 15) is 14.7 Å². The zero-order valence-electron chi connectivity index (χ0n) is 14.5. The van der Waals surface area contributed by atoms with Gasteiger partial charge >= 0.3 is 5.97 Å². The Balaban J connectivity index is 1.53. The number of aromatic carboxylic acids is 1. The largest absolute Gasteiger partial charge is 0.503 e. The maximum Gasteiger partial charge on any atom is 0.341 e. The van der Waals surface area contributed by atoms with Crippen LogP contribution in [0.1, 0.15) is 28.2 Å². The van der Waals surface area contributed by atoms with Crippen molar-refractivity contribution in [1.29, 1.82) is 0 Å². The zero-order chi connectivity index (χ0) is 19.0. The highest BCUT2D eigenvalue weighted by Crippen LogP contribution is 2.26. The van der Waals surface area contributed by atoms with Gasteiger partial charge in [-0.25, -0.2) is 9.78 Å². The average Bonchev–Trinajstić information content (AvgIpc) is 3.24. The summed E-state index contributed by atoms with van der Waals surface area (Å²) >= 11 is 1.68. The molecule has 140 valence electrons. The first kappa shape index (κ1) is 17.7. The maximum absolute atomic E-state index is 11.7. The van der Waals surface area contributed by atoms with Crippen LogP contribution in [0, 0.1) is 0 Å². The second-order valence-electron chi connectivity index (χ2n) is 6.73. The van der Waals surface area contributed by atoms with Crippen LogP contribution in [0.25, 0.3) is 10.2 Å². The predicted octanol–water partition coefficient (Wildman–Crippen LogP) is 2.53. The number of thiazole rings is 1. The van der Waals surface area contributed by atoms with Gasteiger partial charge in [0.25, 0.3) is 0 Å². The smallest absolute Gasteiger partial charge is 0.341 e. The molecule has 0 aliphatic carbocycles. The number of benzene rings is 1. The number of hydrogen-bond donors (Lipinski definition) is 2. The summed E-state index contributed by atoms with van der Waals surface area (Å²) in [6.45, 7) is 2.19. The average molecular weight is 385 g/mol. The quantitative estimate of drug-likeness (QED) is 0.701. The number of carboxylic acids is 1. The Morgan fingerprint density at radius 1 is 1.30 bits per heavy atom. The molecule has 1 saturated heterocycles. The second-order valence-corrected chi connectivity index (χ2v) is 7.85. The van der Waals surface area contributed by atoms with Crippen molar-refractivity contribution in [1.82, 2.24) is 14.5 Å². The lowest BCUT2D eigenvalue weighted by atomic mass is 10.2. The molecule has 1 fully saturated rings. The van der Waals surface area contributed by atoms with Crippen molar-refractivity contribution in [2.75, 3.05) is 6.54 Å². The van der Waals surface area contributed by atoms with Crippen LogP contribution in [0.4, 0.5) is 0 Å². The SMILES string of the molecule is O=C(O)c1cn(C[C@@H]2CCCN2Cc2nc3ccccc3s2)cc(O)c1=O. The normalized spacial score (nSPS) is 17.6. The van der Waals surface area contributed by atoms with E-state index in [4.69, 9.17) is 10.1 Å². The first-order valence-electron chi connectivity index (χ1n) is 8.76. The summed E-state index contributed by atoms with van der Waals surface area (Å²) in [7, 11) is 0. The number of carbonyl (C=O) groups is 1. The summed E-state index contributed by atoms with van der Waals surface area (Å²) < 4.78 is 2.77. The van der Waals surface area contributed by atoms with Crippen LogP contribution in [0.15, 0.2) is 41.5 Å². The van der Waals surface area contributed by atoms with E-state index in [-0.39, 0.29) is 6.04 Å². The molecular weight excluding hydrogens is 366 g/mol. The van der Waals surface area contributed by atoms with E-state index in [1.54, 1.807) is 15.9 Å². The Bertz CT molecular complexity index is 1030. The summed E-state index contributed by atoms with van der Waals surface area (Å²) in [6, 6.07) is 8.25. The lowest BCUT2D eigenvalue weighted by molar-refractivity contribution is 0.0693. The number of aromatic hydroxyl groups is 1. The van der Waals surface area contributed by atoms with Crippen molar-refractivity contribution in [2.24, 2.45) is 0 Å². The molecule has 3 heterocycles. The Morgan fingerprint density at radius 2 is 2.11 bits per heavy atom. The lowest BCUT2D eigenvalue weighted by Gasteiger charge is -2.24. The number of aromatic nitrogens is 2. The van der Waals surface area contributed by atoms with Gasteiger partial charge in [0.2, 0.25) is 5.43 Å². The molecule has 0 unspecified atom stereocenters. The minimum atomic E-state index is -1.33. The first-order chi connectivity index (χ1) is 13.0. The van der Waals surface area contributed by atoms with E-state index < -0.39 is 22.7 Å². The van der Waals surface area contributed by atoms with Crippen molar-refractivity contribution in [3.8, 4) is 5.75 Å². The molecule has 0 saturated carbocycles. The van der Waals surface area contributed by atoms with Crippen LogP contribution < -0.4 is 5.43 Å². The van der Waals surface area contributed by atoms with Gasteiger partial charge in [-0.15, -0.1) is 11.3 Å². The summed E-state index contributed by atoms with van der Waals surface area (Å²) in [4.78, 5) is 30.0. The second kappa shape index (κ2) is 7.13. The van der Waals surface area contributed by atoms with Crippen molar-refractivity contribution >= 4 is 27.5 Å². The van der Waals surface area contributed by atoms with Crippen molar-refractivity contribution < 1.29 is 15.0 Å². The molecular formula is C19H19N3O4S. The van der Waals surface area contributed by atoms with Gasteiger partial charge in [0.15, 0.2) is 5.75 Å². The number of fused-ring (bicyclic) bond motifs is 1. The highest BCUT2D eigenvalue weighted by atomic mass is 32.1. The molecule has 1 aliphatic heterocycles.